The van der Waals surface area contributed by atoms with Crippen molar-refractivity contribution in [3.8, 4) is 0 Å². The number of sulfonamides is 1. The van der Waals surface area contributed by atoms with Gasteiger partial charge < -0.3 is 5.11 Å². The lowest BCUT2D eigenvalue weighted by Crippen LogP contribution is -2.33. The van der Waals surface area contributed by atoms with E-state index in [0.717, 1.165) is 22.5 Å². The molecule has 0 saturated carbocycles. The van der Waals surface area contributed by atoms with Gasteiger partial charge in [0.05, 0.1) is 23.7 Å². The number of hydrogen-bond donors (Lipinski definition) is 1. The summed E-state index contributed by atoms with van der Waals surface area (Å²) >= 11 is 0. The summed E-state index contributed by atoms with van der Waals surface area (Å²) in [6, 6.07) is 9.47. The van der Waals surface area contributed by atoms with E-state index < -0.39 is 28.3 Å². The molecule has 0 aliphatic rings. The summed E-state index contributed by atoms with van der Waals surface area (Å²) in [7, 11) is -4.09. The van der Waals surface area contributed by atoms with Crippen LogP contribution in [0.4, 0.5) is 14.5 Å². The zero-order chi connectivity index (χ0) is 15.5. The number of hydrogen-bond acceptors (Lipinski definition) is 3. The Bertz CT molecular complexity index is 735. The number of aliphatic hydroxyl groups is 1. The van der Waals surface area contributed by atoms with Gasteiger partial charge in [0.2, 0.25) is 0 Å². The van der Waals surface area contributed by atoms with Crippen molar-refractivity contribution in [3.05, 3.63) is 60.2 Å². The Balaban J connectivity index is 2.51. The van der Waals surface area contributed by atoms with Crippen molar-refractivity contribution < 1.29 is 22.3 Å². The van der Waals surface area contributed by atoms with E-state index in [9.17, 15) is 17.2 Å². The van der Waals surface area contributed by atoms with Crippen molar-refractivity contribution in [2.45, 2.75) is 4.90 Å². The van der Waals surface area contributed by atoms with Gasteiger partial charge in [0.1, 0.15) is 11.6 Å². The number of rotatable bonds is 5. The van der Waals surface area contributed by atoms with E-state index in [0.29, 0.717) is 0 Å². The summed E-state index contributed by atoms with van der Waals surface area (Å²) in [5.41, 5.74) is 0.0633. The van der Waals surface area contributed by atoms with Crippen LogP contribution in [0.3, 0.4) is 0 Å². The first-order valence-electron chi connectivity index (χ1n) is 6.10. The van der Waals surface area contributed by atoms with Gasteiger partial charge in [-0.1, -0.05) is 12.1 Å². The van der Waals surface area contributed by atoms with Crippen LogP contribution in [-0.4, -0.2) is 26.7 Å². The van der Waals surface area contributed by atoms with Crippen LogP contribution in [0.25, 0.3) is 0 Å². The second-order valence-electron chi connectivity index (χ2n) is 4.24. The topological polar surface area (TPSA) is 57.6 Å². The fourth-order valence-electron chi connectivity index (χ4n) is 1.86. The molecule has 0 spiro atoms. The number of anilines is 1. The van der Waals surface area contributed by atoms with Gasteiger partial charge in [-0.15, -0.1) is 0 Å². The lowest BCUT2D eigenvalue weighted by Gasteiger charge is -2.23. The standard InChI is InChI=1S/C14H13F2NO3S/c15-11-3-1-5-13(9-11)17(7-8-18)21(19,20)14-6-2-4-12(16)10-14/h1-6,9-10,18H,7-8H2. The molecule has 2 aromatic rings. The first-order chi connectivity index (χ1) is 9.95. The lowest BCUT2D eigenvalue weighted by molar-refractivity contribution is 0.306. The van der Waals surface area contributed by atoms with Crippen LogP contribution < -0.4 is 4.31 Å². The third-order valence-electron chi connectivity index (χ3n) is 2.78. The lowest BCUT2D eigenvalue weighted by atomic mass is 10.3. The van der Waals surface area contributed by atoms with Gasteiger partial charge in [0, 0.05) is 0 Å². The number of aliphatic hydroxyl groups excluding tert-OH is 1. The van der Waals surface area contributed by atoms with Crippen molar-refractivity contribution >= 4 is 15.7 Å². The second kappa shape index (κ2) is 6.19. The molecule has 0 fully saturated rings. The Morgan fingerprint density at radius 2 is 1.62 bits per heavy atom. The van der Waals surface area contributed by atoms with Crippen LogP contribution in [0.15, 0.2) is 53.4 Å². The van der Waals surface area contributed by atoms with Crippen LogP contribution in [0.5, 0.6) is 0 Å². The van der Waals surface area contributed by atoms with Crippen molar-refractivity contribution in [3.63, 3.8) is 0 Å². The molecule has 7 heteroatoms. The molecule has 0 unspecified atom stereocenters. The van der Waals surface area contributed by atoms with Crippen LogP contribution in [0, 0.1) is 11.6 Å². The predicted octanol–water partition coefficient (Wildman–Crippen LogP) is 2.15. The fourth-order valence-corrected chi connectivity index (χ4v) is 3.34. The molecular formula is C14H13F2NO3S. The Morgan fingerprint density at radius 1 is 1.00 bits per heavy atom. The van der Waals surface area contributed by atoms with E-state index in [-0.39, 0.29) is 17.1 Å². The molecular weight excluding hydrogens is 300 g/mol. The minimum absolute atomic E-state index is 0.0633. The molecule has 4 nitrogen and oxygen atoms in total. The minimum Gasteiger partial charge on any atom is -0.394 e. The van der Waals surface area contributed by atoms with Gasteiger partial charge in [-0.3, -0.25) is 4.31 Å². The van der Waals surface area contributed by atoms with Gasteiger partial charge in [-0.2, -0.15) is 0 Å². The summed E-state index contributed by atoms with van der Waals surface area (Å²) in [5.74, 6) is -1.30. The summed E-state index contributed by atoms with van der Waals surface area (Å²) in [4.78, 5) is -0.264. The van der Waals surface area contributed by atoms with Crippen LogP contribution >= 0.6 is 0 Å². The quantitative estimate of drug-likeness (QED) is 0.920. The highest BCUT2D eigenvalue weighted by atomic mass is 32.2. The SMILES string of the molecule is O=S(=O)(c1cccc(F)c1)N(CCO)c1cccc(F)c1. The third kappa shape index (κ3) is 3.37. The Morgan fingerprint density at radius 3 is 2.19 bits per heavy atom. The van der Waals surface area contributed by atoms with Crippen LogP contribution in [0.1, 0.15) is 0 Å². The van der Waals surface area contributed by atoms with Crippen molar-refractivity contribution in [2.75, 3.05) is 17.5 Å². The molecule has 0 saturated heterocycles. The third-order valence-corrected chi connectivity index (χ3v) is 4.61. The van der Waals surface area contributed by atoms with Gasteiger partial charge in [-0.05, 0) is 36.4 Å². The van der Waals surface area contributed by atoms with E-state index >= 15 is 0 Å². The molecule has 2 rings (SSSR count). The minimum atomic E-state index is -4.09. The zero-order valence-electron chi connectivity index (χ0n) is 10.9. The number of nitrogens with zero attached hydrogens (tertiary/aromatic N) is 1. The smallest absolute Gasteiger partial charge is 0.264 e. The summed E-state index contributed by atoms with van der Waals surface area (Å²) in [6.45, 7) is -0.715. The van der Waals surface area contributed by atoms with E-state index in [1.807, 2.05) is 0 Å². The average Bonchev–Trinajstić information content (AvgIpc) is 2.44. The molecule has 112 valence electrons. The van der Waals surface area contributed by atoms with E-state index in [1.54, 1.807) is 0 Å². The predicted molar refractivity (Wildman–Crippen MR) is 74.4 cm³/mol. The molecule has 21 heavy (non-hydrogen) atoms. The van der Waals surface area contributed by atoms with Crippen molar-refractivity contribution in [1.29, 1.82) is 0 Å². The zero-order valence-corrected chi connectivity index (χ0v) is 11.7. The molecule has 0 bridgehead atoms. The molecule has 2 aromatic carbocycles. The van der Waals surface area contributed by atoms with Gasteiger partial charge in [-0.25, -0.2) is 17.2 Å². The molecule has 0 atom stereocenters. The summed E-state index contributed by atoms with van der Waals surface area (Å²) in [6.07, 6.45) is 0. The van der Waals surface area contributed by atoms with Crippen molar-refractivity contribution in [1.82, 2.24) is 0 Å². The highest BCUT2D eigenvalue weighted by molar-refractivity contribution is 7.92. The van der Waals surface area contributed by atoms with E-state index in [4.69, 9.17) is 5.11 Å². The molecule has 0 aliphatic heterocycles. The first kappa shape index (κ1) is 15.4. The molecule has 0 aliphatic carbocycles. The molecule has 0 heterocycles. The Labute approximate surface area is 121 Å². The number of halogens is 2. The molecule has 0 amide bonds. The normalized spacial score (nSPS) is 11.4. The average molecular weight is 313 g/mol. The number of benzene rings is 2. The second-order valence-corrected chi connectivity index (χ2v) is 6.10. The van der Waals surface area contributed by atoms with E-state index in [1.165, 1.54) is 30.3 Å². The molecule has 0 radical (unpaired) electrons. The van der Waals surface area contributed by atoms with Crippen molar-refractivity contribution in [2.24, 2.45) is 0 Å². The van der Waals surface area contributed by atoms with Crippen LogP contribution in [-0.2, 0) is 10.0 Å². The fraction of sp³-hybridized carbons (Fsp3) is 0.143. The molecule has 0 aromatic heterocycles. The summed E-state index contributed by atoms with van der Waals surface area (Å²) < 4.78 is 52.4. The molecule has 1 N–H and O–H groups in total. The Kier molecular flexibility index (Phi) is 4.54. The van der Waals surface area contributed by atoms with E-state index in [2.05, 4.69) is 0 Å². The maximum Gasteiger partial charge on any atom is 0.264 e. The van der Waals surface area contributed by atoms with Gasteiger partial charge in [0.25, 0.3) is 10.0 Å². The maximum atomic E-state index is 13.3. The first-order valence-corrected chi connectivity index (χ1v) is 7.54. The van der Waals surface area contributed by atoms with Crippen LogP contribution in [0.2, 0.25) is 0 Å². The maximum absolute atomic E-state index is 13.3. The summed E-state index contributed by atoms with van der Waals surface area (Å²) in [5, 5.41) is 9.06. The monoisotopic (exact) mass is 313 g/mol. The Hall–Kier alpha value is -1.99. The van der Waals surface area contributed by atoms with Gasteiger partial charge in [0.15, 0.2) is 0 Å². The highest BCUT2D eigenvalue weighted by Gasteiger charge is 2.25. The largest absolute Gasteiger partial charge is 0.394 e. The highest BCUT2D eigenvalue weighted by Crippen LogP contribution is 2.24. The van der Waals surface area contributed by atoms with Gasteiger partial charge >= 0.3 is 0 Å².